The second-order valence-electron chi connectivity index (χ2n) is 6.25. The number of benzene rings is 2. The summed E-state index contributed by atoms with van der Waals surface area (Å²) in [7, 11) is 0. The number of nitrogens with zero attached hydrogens (tertiary/aromatic N) is 3. The summed E-state index contributed by atoms with van der Waals surface area (Å²) in [5, 5.41) is 10.2. The van der Waals surface area contributed by atoms with Crippen LogP contribution in [0.2, 0.25) is 0 Å². The number of para-hydroxylation sites is 1. The Hall–Kier alpha value is -4.40. The van der Waals surface area contributed by atoms with Crippen LogP contribution in [-0.4, -0.2) is 26.4 Å². The average molecular weight is 387 g/mol. The van der Waals surface area contributed by atoms with Gasteiger partial charge in [0, 0.05) is 23.0 Å². The van der Waals surface area contributed by atoms with Crippen LogP contribution in [0.5, 0.6) is 0 Å². The molecule has 4 aromatic rings. The van der Waals surface area contributed by atoms with Crippen molar-refractivity contribution in [2.45, 2.75) is 0 Å². The number of nitrogen functional groups attached to an aromatic ring is 1. The molecule has 0 aliphatic carbocycles. The van der Waals surface area contributed by atoms with E-state index < -0.39 is 11.8 Å². The fourth-order valence-corrected chi connectivity index (χ4v) is 2.82. The van der Waals surface area contributed by atoms with Gasteiger partial charge in [0.1, 0.15) is 5.82 Å². The molecule has 0 radical (unpaired) electrons. The zero-order chi connectivity index (χ0) is 20.4. The van der Waals surface area contributed by atoms with Crippen LogP contribution in [0.4, 0.5) is 22.9 Å². The van der Waals surface area contributed by atoms with Crippen LogP contribution in [0.15, 0.2) is 66.9 Å². The topological polar surface area (TPSA) is 140 Å². The molecule has 6 N–H and O–H groups in total. The monoisotopic (exact) mass is 387 g/mol. The first-order valence-electron chi connectivity index (χ1n) is 8.69. The zero-order valence-electron chi connectivity index (χ0n) is 15.2. The molecule has 9 heteroatoms. The predicted octanol–water partition coefficient (Wildman–Crippen LogP) is 2.41. The number of aromatic nitrogens is 3. The smallest absolute Gasteiger partial charge is 0.276 e. The maximum atomic E-state index is 12.7. The number of anilines is 4. The van der Waals surface area contributed by atoms with E-state index in [0.717, 1.165) is 5.69 Å². The van der Waals surface area contributed by atoms with Crippen molar-refractivity contribution in [3.8, 4) is 0 Å². The lowest BCUT2D eigenvalue weighted by Crippen LogP contribution is -2.16. The van der Waals surface area contributed by atoms with E-state index in [4.69, 9.17) is 11.5 Å². The minimum absolute atomic E-state index is 0.211. The van der Waals surface area contributed by atoms with Gasteiger partial charge < -0.3 is 22.1 Å². The first-order valence-corrected chi connectivity index (χ1v) is 8.69. The van der Waals surface area contributed by atoms with Crippen molar-refractivity contribution in [3.05, 3.63) is 78.1 Å². The molecule has 0 unspecified atom stereocenters. The van der Waals surface area contributed by atoms with Gasteiger partial charge in [0.15, 0.2) is 11.3 Å². The van der Waals surface area contributed by atoms with Crippen molar-refractivity contribution in [2.24, 2.45) is 5.73 Å². The summed E-state index contributed by atoms with van der Waals surface area (Å²) in [6.45, 7) is 0. The van der Waals surface area contributed by atoms with Crippen molar-refractivity contribution in [3.63, 3.8) is 0 Å². The highest BCUT2D eigenvalue weighted by Crippen LogP contribution is 2.23. The second-order valence-corrected chi connectivity index (χ2v) is 6.25. The normalized spacial score (nSPS) is 10.6. The summed E-state index contributed by atoms with van der Waals surface area (Å²) >= 11 is 0. The first kappa shape index (κ1) is 18.0. The van der Waals surface area contributed by atoms with E-state index in [9.17, 15) is 9.59 Å². The molecule has 0 bridgehead atoms. The largest absolute Gasteiger partial charge is 0.382 e. The maximum absolute atomic E-state index is 12.7. The maximum Gasteiger partial charge on any atom is 0.276 e. The van der Waals surface area contributed by atoms with Crippen LogP contribution in [-0.2, 0) is 0 Å². The molecule has 2 heterocycles. The van der Waals surface area contributed by atoms with Crippen LogP contribution >= 0.6 is 0 Å². The van der Waals surface area contributed by atoms with E-state index in [1.165, 1.54) is 22.8 Å². The Labute approximate surface area is 165 Å². The highest BCUT2D eigenvalue weighted by molar-refractivity contribution is 6.04. The number of rotatable bonds is 5. The molecular formula is C20H17N7O2. The van der Waals surface area contributed by atoms with Gasteiger partial charge in [-0.2, -0.15) is 0 Å². The number of carbonyl (C=O) groups excluding carboxylic acids is 2. The molecule has 0 saturated carbocycles. The van der Waals surface area contributed by atoms with Crippen molar-refractivity contribution in [2.75, 3.05) is 16.4 Å². The Morgan fingerprint density at radius 1 is 0.966 bits per heavy atom. The molecule has 0 aliphatic rings. The number of fused-ring (bicyclic) bond motifs is 1. The molecule has 0 aliphatic heterocycles. The molecule has 9 nitrogen and oxygen atoms in total. The average Bonchev–Trinajstić information content (AvgIpc) is 3.13. The molecule has 4 rings (SSSR count). The number of imidazole rings is 1. The summed E-state index contributed by atoms with van der Waals surface area (Å²) in [5.74, 6) is -0.732. The molecule has 0 spiro atoms. The molecular weight excluding hydrogens is 370 g/mol. The van der Waals surface area contributed by atoms with Crippen molar-refractivity contribution in [1.29, 1.82) is 0 Å². The van der Waals surface area contributed by atoms with Gasteiger partial charge in [-0.25, -0.2) is 9.50 Å². The Bertz CT molecular complexity index is 1200. The van der Waals surface area contributed by atoms with Crippen LogP contribution < -0.4 is 22.1 Å². The summed E-state index contributed by atoms with van der Waals surface area (Å²) in [4.78, 5) is 28.2. The lowest BCUT2D eigenvalue weighted by molar-refractivity contribution is 0.0997. The number of nitrogens with two attached hydrogens (primary N) is 2. The van der Waals surface area contributed by atoms with Gasteiger partial charge >= 0.3 is 0 Å². The molecule has 0 saturated heterocycles. The summed E-state index contributed by atoms with van der Waals surface area (Å²) in [5.41, 5.74) is 14.1. The number of hydrogen-bond donors (Lipinski definition) is 4. The van der Waals surface area contributed by atoms with Gasteiger partial charge in [-0.1, -0.05) is 18.2 Å². The Balaban J connectivity index is 1.64. The summed E-state index contributed by atoms with van der Waals surface area (Å²) < 4.78 is 1.38. The Morgan fingerprint density at radius 2 is 1.69 bits per heavy atom. The third-order valence-corrected chi connectivity index (χ3v) is 4.20. The molecule has 144 valence electrons. The van der Waals surface area contributed by atoms with E-state index in [2.05, 4.69) is 20.7 Å². The van der Waals surface area contributed by atoms with Gasteiger partial charge in [-0.05, 0) is 36.4 Å². The van der Waals surface area contributed by atoms with Crippen molar-refractivity contribution < 1.29 is 9.59 Å². The number of primary amides is 1. The predicted molar refractivity (Wildman–Crippen MR) is 110 cm³/mol. The molecule has 2 aromatic carbocycles. The highest BCUT2D eigenvalue weighted by Gasteiger charge is 2.17. The lowest BCUT2D eigenvalue weighted by atomic mass is 10.2. The van der Waals surface area contributed by atoms with Gasteiger partial charge in [-0.15, -0.1) is 5.10 Å². The fourth-order valence-electron chi connectivity index (χ4n) is 2.82. The fraction of sp³-hybridized carbons (Fsp3) is 0. The number of nitrogens with one attached hydrogen (secondary N) is 2. The third kappa shape index (κ3) is 3.69. The SMILES string of the molecule is NC(=O)c1ccc(NC(=O)c2cnc3c(Nc4ccccc4)cc(N)nn23)cc1. The van der Waals surface area contributed by atoms with Crippen LogP contribution in [0, 0.1) is 0 Å². The second kappa shape index (κ2) is 7.31. The standard InChI is InChI=1S/C20H17N7O2/c21-17-10-15(24-13-4-2-1-3-5-13)19-23-11-16(27(19)26-17)20(29)25-14-8-6-12(7-9-14)18(22)28/h1-11,24H,(H2,21,26)(H2,22,28)(H,25,29). The Morgan fingerprint density at radius 3 is 2.38 bits per heavy atom. The van der Waals surface area contributed by atoms with E-state index in [1.54, 1.807) is 18.2 Å². The third-order valence-electron chi connectivity index (χ3n) is 4.20. The summed E-state index contributed by atoms with van der Waals surface area (Å²) in [6, 6.07) is 17.4. The summed E-state index contributed by atoms with van der Waals surface area (Å²) in [6.07, 6.45) is 1.42. The molecule has 2 amide bonds. The van der Waals surface area contributed by atoms with Gasteiger partial charge in [-0.3, -0.25) is 9.59 Å². The quantitative estimate of drug-likeness (QED) is 0.414. The number of amides is 2. The first-order chi connectivity index (χ1) is 14.0. The highest BCUT2D eigenvalue weighted by atomic mass is 16.2. The van der Waals surface area contributed by atoms with Gasteiger partial charge in [0.2, 0.25) is 5.91 Å². The number of hydrogen-bond acceptors (Lipinski definition) is 6. The Kier molecular flexibility index (Phi) is 4.54. The van der Waals surface area contributed by atoms with Crippen LogP contribution in [0.3, 0.4) is 0 Å². The lowest BCUT2D eigenvalue weighted by Gasteiger charge is -2.09. The van der Waals surface area contributed by atoms with Crippen LogP contribution in [0.25, 0.3) is 5.65 Å². The van der Waals surface area contributed by atoms with E-state index in [0.29, 0.717) is 22.6 Å². The molecule has 0 fully saturated rings. The number of carbonyl (C=O) groups is 2. The molecule has 0 atom stereocenters. The van der Waals surface area contributed by atoms with E-state index in [1.807, 2.05) is 30.3 Å². The minimum atomic E-state index is -0.539. The van der Waals surface area contributed by atoms with Crippen molar-refractivity contribution in [1.82, 2.24) is 14.6 Å². The molecule has 2 aromatic heterocycles. The van der Waals surface area contributed by atoms with E-state index in [-0.39, 0.29) is 11.5 Å². The zero-order valence-corrected chi connectivity index (χ0v) is 15.2. The van der Waals surface area contributed by atoms with Gasteiger partial charge in [0.05, 0.1) is 11.9 Å². The van der Waals surface area contributed by atoms with E-state index >= 15 is 0 Å². The van der Waals surface area contributed by atoms with Gasteiger partial charge in [0.25, 0.3) is 5.91 Å². The molecule has 29 heavy (non-hydrogen) atoms. The van der Waals surface area contributed by atoms with Crippen LogP contribution in [0.1, 0.15) is 20.8 Å². The van der Waals surface area contributed by atoms with Crippen molar-refractivity contribution >= 4 is 40.3 Å². The minimum Gasteiger partial charge on any atom is -0.382 e.